The van der Waals surface area contributed by atoms with E-state index in [0.29, 0.717) is 11.6 Å². The summed E-state index contributed by atoms with van der Waals surface area (Å²) in [6.45, 7) is 0. The fourth-order valence-electron chi connectivity index (χ4n) is 1.28. The average molecular weight is 252 g/mol. The number of rotatable bonds is 2. The fourth-order valence-corrected chi connectivity index (χ4v) is 1.78. The van der Waals surface area contributed by atoms with E-state index >= 15 is 0 Å². The van der Waals surface area contributed by atoms with Crippen LogP contribution in [0.25, 0.3) is 0 Å². The Labute approximate surface area is 91.0 Å². The van der Waals surface area contributed by atoms with E-state index in [2.05, 4.69) is 27.3 Å². The van der Waals surface area contributed by atoms with E-state index in [1.165, 1.54) is 0 Å². The van der Waals surface area contributed by atoms with Gasteiger partial charge in [0.2, 0.25) is 0 Å². The zero-order chi connectivity index (χ0) is 10.1. The predicted molar refractivity (Wildman–Crippen MR) is 58.9 cm³/mol. The topological polar surface area (TPSA) is 61.8 Å². The van der Waals surface area contributed by atoms with Gasteiger partial charge in [0.25, 0.3) is 0 Å². The van der Waals surface area contributed by atoms with Crippen LogP contribution in [0.1, 0.15) is 12.0 Å². The Kier molecular flexibility index (Phi) is 2.44. The summed E-state index contributed by atoms with van der Waals surface area (Å²) in [6.07, 6.45) is 1.02. The molecule has 0 aliphatic heterocycles. The number of benzene rings is 1. The smallest absolute Gasteiger partial charge is 0.0992 e. The van der Waals surface area contributed by atoms with Crippen LogP contribution >= 0.6 is 15.9 Å². The summed E-state index contributed by atoms with van der Waals surface area (Å²) in [5.74, 6) is 0. The first kappa shape index (κ1) is 9.50. The molecule has 0 bridgehead atoms. The van der Waals surface area contributed by atoms with Gasteiger partial charge in [0, 0.05) is 22.2 Å². The van der Waals surface area contributed by atoms with Crippen LogP contribution in [-0.2, 0) is 0 Å². The second-order valence-electron chi connectivity index (χ2n) is 3.46. The Hall–Kier alpha value is -1.05. The van der Waals surface area contributed by atoms with Crippen molar-refractivity contribution in [1.82, 2.24) is 0 Å². The van der Waals surface area contributed by atoms with Crippen molar-refractivity contribution in [1.29, 1.82) is 5.26 Å². The molecule has 1 aromatic rings. The van der Waals surface area contributed by atoms with E-state index in [9.17, 15) is 0 Å². The lowest BCUT2D eigenvalue weighted by atomic mass is 10.2. The molecule has 72 valence electrons. The maximum absolute atomic E-state index is 8.68. The second-order valence-corrected chi connectivity index (χ2v) is 4.31. The van der Waals surface area contributed by atoms with Crippen molar-refractivity contribution in [2.45, 2.75) is 18.5 Å². The van der Waals surface area contributed by atoms with E-state index < -0.39 is 0 Å². The highest BCUT2D eigenvalue weighted by molar-refractivity contribution is 9.10. The monoisotopic (exact) mass is 251 g/mol. The van der Waals surface area contributed by atoms with Gasteiger partial charge in [-0.3, -0.25) is 0 Å². The molecular formula is C10H10BrN3. The largest absolute Gasteiger partial charge is 0.380 e. The van der Waals surface area contributed by atoms with Gasteiger partial charge in [-0.15, -0.1) is 0 Å². The Morgan fingerprint density at radius 2 is 2.29 bits per heavy atom. The van der Waals surface area contributed by atoms with Crippen molar-refractivity contribution in [2.75, 3.05) is 5.32 Å². The third-order valence-electron chi connectivity index (χ3n) is 2.28. The van der Waals surface area contributed by atoms with Crippen LogP contribution in [0.5, 0.6) is 0 Å². The standard InChI is InChI=1S/C10H10BrN3/c11-7-3-6(5-12)1-2-9(7)14-10-4-8(10)13/h1-3,8,10,14H,4,13H2. The molecular weight excluding hydrogens is 242 g/mol. The van der Waals surface area contributed by atoms with Crippen LogP contribution in [0.15, 0.2) is 22.7 Å². The molecule has 1 aliphatic carbocycles. The molecule has 0 radical (unpaired) electrons. The molecule has 1 aromatic carbocycles. The zero-order valence-corrected chi connectivity index (χ0v) is 9.08. The maximum atomic E-state index is 8.68. The fraction of sp³-hybridized carbons (Fsp3) is 0.300. The predicted octanol–water partition coefficient (Wildman–Crippen LogP) is 1.83. The van der Waals surface area contributed by atoms with Gasteiger partial charge in [0.15, 0.2) is 0 Å². The van der Waals surface area contributed by atoms with Gasteiger partial charge in [-0.2, -0.15) is 5.26 Å². The highest BCUT2D eigenvalue weighted by Crippen LogP contribution is 2.29. The lowest BCUT2D eigenvalue weighted by Gasteiger charge is -2.07. The van der Waals surface area contributed by atoms with E-state index in [-0.39, 0.29) is 6.04 Å². The van der Waals surface area contributed by atoms with Gasteiger partial charge >= 0.3 is 0 Å². The van der Waals surface area contributed by atoms with E-state index in [0.717, 1.165) is 16.6 Å². The number of nitrogens with two attached hydrogens (primary N) is 1. The molecule has 1 fully saturated rings. The van der Waals surface area contributed by atoms with Crippen molar-refractivity contribution in [3.63, 3.8) is 0 Å². The van der Waals surface area contributed by atoms with Gasteiger partial charge in [-0.1, -0.05) is 0 Å². The number of nitriles is 1. The highest BCUT2D eigenvalue weighted by Gasteiger charge is 2.33. The summed E-state index contributed by atoms with van der Waals surface area (Å²) in [5.41, 5.74) is 7.35. The molecule has 3 N–H and O–H groups in total. The Bertz CT molecular complexity index is 397. The number of hydrogen-bond donors (Lipinski definition) is 2. The van der Waals surface area contributed by atoms with Crippen molar-refractivity contribution in [2.24, 2.45) is 5.73 Å². The molecule has 14 heavy (non-hydrogen) atoms. The first-order chi connectivity index (χ1) is 6.70. The molecule has 4 heteroatoms. The van der Waals surface area contributed by atoms with Crippen LogP contribution in [-0.4, -0.2) is 12.1 Å². The molecule has 1 aliphatic rings. The normalized spacial score (nSPS) is 24.1. The zero-order valence-electron chi connectivity index (χ0n) is 7.50. The van der Waals surface area contributed by atoms with Gasteiger partial charge < -0.3 is 11.1 Å². The molecule has 0 spiro atoms. The summed E-state index contributed by atoms with van der Waals surface area (Å²) in [7, 11) is 0. The third kappa shape index (κ3) is 1.89. The average Bonchev–Trinajstić information content (AvgIpc) is 2.85. The van der Waals surface area contributed by atoms with E-state index in [4.69, 9.17) is 11.0 Å². The van der Waals surface area contributed by atoms with Crippen LogP contribution in [0.3, 0.4) is 0 Å². The van der Waals surface area contributed by atoms with Crippen LogP contribution in [0.2, 0.25) is 0 Å². The Balaban J connectivity index is 2.15. The molecule has 0 heterocycles. The number of anilines is 1. The lowest BCUT2D eigenvalue weighted by molar-refractivity contribution is 1.01. The minimum atomic E-state index is 0.276. The molecule has 0 saturated heterocycles. The van der Waals surface area contributed by atoms with Crippen LogP contribution in [0, 0.1) is 11.3 Å². The number of halogens is 1. The van der Waals surface area contributed by atoms with Gasteiger partial charge in [0.05, 0.1) is 11.6 Å². The van der Waals surface area contributed by atoms with E-state index in [1.807, 2.05) is 6.07 Å². The van der Waals surface area contributed by atoms with Gasteiger partial charge in [-0.25, -0.2) is 0 Å². The minimum Gasteiger partial charge on any atom is -0.380 e. The summed E-state index contributed by atoms with van der Waals surface area (Å²) >= 11 is 3.41. The molecule has 2 atom stereocenters. The molecule has 0 aromatic heterocycles. The van der Waals surface area contributed by atoms with Crippen molar-refractivity contribution in [3.8, 4) is 6.07 Å². The van der Waals surface area contributed by atoms with Crippen molar-refractivity contribution < 1.29 is 0 Å². The van der Waals surface area contributed by atoms with E-state index in [1.54, 1.807) is 12.1 Å². The summed E-state index contributed by atoms with van der Waals surface area (Å²) in [5, 5.41) is 12.0. The SMILES string of the molecule is N#Cc1ccc(NC2CC2N)c(Br)c1. The molecule has 2 rings (SSSR count). The minimum absolute atomic E-state index is 0.276. The van der Waals surface area contributed by atoms with Crippen LogP contribution < -0.4 is 11.1 Å². The molecule has 3 nitrogen and oxygen atoms in total. The number of nitrogens with one attached hydrogen (secondary N) is 1. The quantitative estimate of drug-likeness (QED) is 0.844. The number of nitrogens with zero attached hydrogens (tertiary/aromatic N) is 1. The highest BCUT2D eigenvalue weighted by atomic mass is 79.9. The summed E-state index contributed by atoms with van der Waals surface area (Å²) < 4.78 is 0.913. The molecule has 1 saturated carbocycles. The van der Waals surface area contributed by atoms with Crippen LogP contribution in [0.4, 0.5) is 5.69 Å². The lowest BCUT2D eigenvalue weighted by Crippen LogP contribution is -2.13. The summed E-state index contributed by atoms with van der Waals surface area (Å²) in [4.78, 5) is 0. The maximum Gasteiger partial charge on any atom is 0.0992 e. The van der Waals surface area contributed by atoms with Gasteiger partial charge in [-0.05, 0) is 40.5 Å². The molecule has 0 amide bonds. The van der Waals surface area contributed by atoms with Gasteiger partial charge in [0.1, 0.15) is 0 Å². The Morgan fingerprint density at radius 3 is 2.79 bits per heavy atom. The first-order valence-electron chi connectivity index (χ1n) is 4.42. The Morgan fingerprint density at radius 1 is 1.57 bits per heavy atom. The van der Waals surface area contributed by atoms with Crippen molar-refractivity contribution in [3.05, 3.63) is 28.2 Å². The third-order valence-corrected chi connectivity index (χ3v) is 2.93. The number of hydrogen-bond acceptors (Lipinski definition) is 3. The second kappa shape index (κ2) is 3.60. The first-order valence-corrected chi connectivity index (χ1v) is 5.22. The molecule has 2 unspecified atom stereocenters. The summed E-state index contributed by atoms with van der Waals surface area (Å²) in [6, 6.07) is 8.24. The van der Waals surface area contributed by atoms with Crippen molar-refractivity contribution >= 4 is 21.6 Å².